The van der Waals surface area contributed by atoms with E-state index in [1.54, 1.807) is 12.1 Å². The minimum atomic E-state index is -5.51. The summed E-state index contributed by atoms with van der Waals surface area (Å²) in [5, 5.41) is 6.29. The van der Waals surface area contributed by atoms with E-state index in [2.05, 4.69) is 0 Å². The molecule has 0 bridgehead atoms. The number of hydrogen-bond donors (Lipinski definition) is 6. The van der Waals surface area contributed by atoms with E-state index in [4.69, 9.17) is 30.0 Å². The Kier molecular flexibility index (Phi) is 8.25. The van der Waals surface area contributed by atoms with Gasteiger partial charge in [-0.25, -0.2) is 0 Å². The first-order valence-corrected chi connectivity index (χ1v) is 11.3. The van der Waals surface area contributed by atoms with Crippen molar-refractivity contribution < 1.29 is 48.1 Å². The SMILES string of the molecule is CC(=O)Oc1ccccc1C(=O)C(N)CCCCC(O)(P(=O)(O)O)P(=O)(O)O. The van der Waals surface area contributed by atoms with Crippen molar-refractivity contribution in [3.05, 3.63) is 29.8 Å². The van der Waals surface area contributed by atoms with Gasteiger partial charge in [0.05, 0.1) is 11.6 Å². The fourth-order valence-electron chi connectivity index (χ4n) is 2.43. The highest BCUT2D eigenvalue weighted by molar-refractivity contribution is 7.72. The van der Waals surface area contributed by atoms with Crippen LogP contribution in [0.1, 0.15) is 43.0 Å². The zero-order valence-electron chi connectivity index (χ0n) is 15.0. The molecular formula is C15H23NO10P2. The Hall–Kier alpha value is -1.42. The molecule has 13 heteroatoms. The van der Waals surface area contributed by atoms with Gasteiger partial charge in [0, 0.05) is 6.92 Å². The molecule has 1 rings (SSSR count). The average molecular weight is 439 g/mol. The molecule has 158 valence electrons. The van der Waals surface area contributed by atoms with Crippen molar-refractivity contribution in [1.82, 2.24) is 0 Å². The van der Waals surface area contributed by atoms with E-state index in [0.717, 1.165) is 0 Å². The van der Waals surface area contributed by atoms with Crippen molar-refractivity contribution >= 4 is 26.9 Å². The summed E-state index contributed by atoms with van der Waals surface area (Å²) in [5.41, 5.74) is 5.89. The summed E-state index contributed by atoms with van der Waals surface area (Å²) >= 11 is 0. The normalized spacial score (nSPS) is 13.8. The summed E-state index contributed by atoms with van der Waals surface area (Å²) < 4.78 is 27.5. The van der Waals surface area contributed by atoms with Crippen LogP contribution in [-0.4, -0.2) is 47.6 Å². The molecule has 1 unspecified atom stereocenters. The Morgan fingerprint density at radius 3 is 2.14 bits per heavy atom. The number of benzene rings is 1. The van der Waals surface area contributed by atoms with Crippen molar-refractivity contribution in [2.45, 2.75) is 43.7 Å². The quantitative estimate of drug-likeness (QED) is 0.0983. The van der Waals surface area contributed by atoms with Crippen LogP contribution in [0.25, 0.3) is 0 Å². The molecule has 0 aliphatic heterocycles. The van der Waals surface area contributed by atoms with Crippen LogP contribution in [0.15, 0.2) is 24.3 Å². The van der Waals surface area contributed by atoms with Gasteiger partial charge >= 0.3 is 21.2 Å². The highest BCUT2D eigenvalue weighted by Gasteiger charge is 2.58. The molecule has 0 saturated carbocycles. The van der Waals surface area contributed by atoms with Gasteiger partial charge in [0.15, 0.2) is 5.78 Å². The lowest BCUT2D eigenvalue weighted by atomic mass is 9.99. The number of esters is 1. The van der Waals surface area contributed by atoms with Gasteiger partial charge in [0.2, 0.25) is 0 Å². The van der Waals surface area contributed by atoms with Crippen LogP contribution >= 0.6 is 15.2 Å². The Labute approximate surface area is 160 Å². The maximum absolute atomic E-state index is 12.4. The van der Waals surface area contributed by atoms with Gasteiger partial charge in [-0.05, 0) is 31.4 Å². The van der Waals surface area contributed by atoms with Gasteiger partial charge in [-0.2, -0.15) is 0 Å². The van der Waals surface area contributed by atoms with E-state index < -0.39 is 44.5 Å². The van der Waals surface area contributed by atoms with Crippen molar-refractivity contribution in [1.29, 1.82) is 0 Å². The van der Waals surface area contributed by atoms with E-state index in [0.29, 0.717) is 0 Å². The number of ketones is 1. The molecule has 11 nitrogen and oxygen atoms in total. The molecule has 0 aliphatic rings. The van der Waals surface area contributed by atoms with Gasteiger partial charge < -0.3 is 35.2 Å². The highest BCUT2D eigenvalue weighted by atomic mass is 31.2. The van der Waals surface area contributed by atoms with Crippen LogP contribution in [0.2, 0.25) is 0 Å². The van der Waals surface area contributed by atoms with Crippen LogP contribution in [0.5, 0.6) is 5.75 Å². The molecule has 0 saturated heterocycles. The Balaban J connectivity index is 2.74. The molecule has 0 aliphatic carbocycles. The zero-order valence-corrected chi connectivity index (χ0v) is 16.8. The molecule has 0 amide bonds. The standard InChI is InChI=1S/C15H23NO10P2/c1-10(17)26-13-8-3-2-6-11(13)14(18)12(16)7-4-5-9-15(19,27(20,21)22)28(23,24)25/h2-3,6,8,12,19H,4-5,7,9,16H2,1H3,(H2,20,21,22)(H2,23,24,25). The Morgan fingerprint density at radius 1 is 1.11 bits per heavy atom. The van der Waals surface area contributed by atoms with Gasteiger partial charge in [-0.15, -0.1) is 0 Å². The average Bonchev–Trinajstić information content (AvgIpc) is 2.55. The number of unbranched alkanes of at least 4 members (excludes halogenated alkanes) is 1. The van der Waals surface area contributed by atoms with Gasteiger partial charge in [0.25, 0.3) is 5.08 Å². The van der Waals surface area contributed by atoms with E-state index in [1.165, 1.54) is 19.1 Å². The number of nitrogens with two attached hydrogens (primary N) is 1. The second-order valence-electron chi connectivity index (χ2n) is 6.17. The molecule has 28 heavy (non-hydrogen) atoms. The number of ether oxygens (including phenoxy) is 1. The van der Waals surface area contributed by atoms with Crippen molar-refractivity contribution in [2.24, 2.45) is 5.73 Å². The minimum Gasteiger partial charge on any atom is -0.426 e. The summed E-state index contributed by atoms with van der Waals surface area (Å²) in [6.07, 6.45) is -1.04. The first-order valence-electron chi connectivity index (χ1n) is 8.11. The summed E-state index contributed by atoms with van der Waals surface area (Å²) in [7, 11) is -11.0. The van der Waals surface area contributed by atoms with Crippen LogP contribution in [-0.2, 0) is 13.9 Å². The van der Waals surface area contributed by atoms with E-state index >= 15 is 0 Å². The van der Waals surface area contributed by atoms with Gasteiger partial charge in [-0.1, -0.05) is 18.6 Å². The van der Waals surface area contributed by atoms with Crippen molar-refractivity contribution in [3.63, 3.8) is 0 Å². The molecule has 0 spiro atoms. The predicted octanol–water partition coefficient (Wildman–Crippen LogP) is 0.684. The number of rotatable bonds is 10. The van der Waals surface area contributed by atoms with Crippen molar-refractivity contribution in [3.8, 4) is 5.75 Å². The summed E-state index contributed by atoms with van der Waals surface area (Å²) in [6.45, 7) is 1.17. The molecule has 0 radical (unpaired) electrons. The number of carbonyl (C=O) groups is 2. The highest BCUT2D eigenvalue weighted by Crippen LogP contribution is 2.69. The lowest BCUT2D eigenvalue weighted by Crippen LogP contribution is -2.31. The number of aliphatic hydroxyl groups is 1. The van der Waals surface area contributed by atoms with Gasteiger partial charge in [-0.3, -0.25) is 18.7 Å². The zero-order chi connectivity index (χ0) is 21.8. The number of hydrogen-bond acceptors (Lipinski definition) is 7. The topological polar surface area (TPSA) is 205 Å². The fourth-order valence-corrected chi connectivity index (χ4v) is 4.69. The smallest absolute Gasteiger partial charge is 0.369 e. The van der Waals surface area contributed by atoms with Crippen LogP contribution in [0.4, 0.5) is 0 Å². The monoisotopic (exact) mass is 439 g/mol. The maximum Gasteiger partial charge on any atom is 0.369 e. The lowest BCUT2D eigenvalue weighted by molar-refractivity contribution is -0.131. The second-order valence-corrected chi connectivity index (χ2v) is 10.2. The third-order valence-corrected chi connectivity index (χ3v) is 7.83. The molecule has 1 aromatic rings. The molecule has 1 aromatic carbocycles. The molecule has 0 heterocycles. The molecule has 0 fully saturated rings. The first-order chi connectivity index (χ1) is 12.7. The lowest BCUT2D eigenvalue weighted by Gasteiger charge is -2.29. The molecule has 1 atom stereocenters. The third kappa shape index (κ3) is 6.04. The molecular weight excluding hydrogens is 416 g/mol. The first kappa shape index (κ1) is 24.6. The van der Waals surface area contributed by atoms with E-state index in [-0.39, 0.29) is 30.6 Å². The summed E-state index contributed by atoms with van der Waals surface area (Å²) in [4.78, 5) is 59.8. The maximum atomic E-state index is 12.4. The number of Topliss-reactive ketones (excluding diaryl/α,β-unsaturated/α-hetero) is 1. The third-order valence-electron chi connectivity index (χ3n) is 3.95. The summed E-state index contributed by atoms with van der Waals surface area (Å²) in [6, 6.07) is 4.89. The van der Waals surface area contributed by atoms with Gasteiger partial charge in [0.1, 0.15) is 5.75 Å². The summed E-state index contributed by atoms with van der Waals surface area (Å²) in [5.74, 6) is -1.13. The predicted molar refractivity (Wildman–Crippen MR) is 97.6 cm³/mol. The van der Waals surface area contributed by atoms with Crippen LogP contribution in [0, 0.1) is 0 Å². The van der Waals surface area contributed by atoms with E-state index in [9.17, 15) is 23.8 Å². The minimum absolute atomic E-state index is 0.00559. The Bertz CT molecular complexity index is 793. The van der Waals surface area contributed by atoms with Crippen molar-refractivity contribution in [2.75, 3.05) is 0 Å². The van der Waals surface area contributed by atoms with E-state index in [1.807, 2.05) is 0 Å². The fraction of sp³-hybridized carbons (Fsp3) is 0.467. The molecule has 0 aromatic heterocycles. The molecule has 7 N–H and O–H groups in total. The number of carbonyl (C=O) groups excluding carboxylic acids is 2. The Morgan fingerprint density at radius 2 is 1.64 bits per heavy atom. The largest absolute Gasteiger partial charge is 0.426 e. The van der Waals surface area contributed by atoms with Crippen LogP contribution in [0.3, 0.4) is 0 Å². The second kappa shape index (κ2) is 9.39. The van der Waals surface area contributed by atoms with Crippen LogP contribution < -0.4 is 10.5 Å². The number of para-hydroxylation sites is 1.